The van der Waals surface area contributed by atoms with E-state index in [-0.39, 0.29) is 36.9 Å². The number of nitrogens with one attached hydrogen (secondary N) is 1. The molecule has 0 spiro atoms. The van der Waals surface area contributed by atoms with Crippen LogP contribution in [-0.2, 0) is 43.7 Å². The van der Waals surface area contributed by atoms with Crippen molar-refractivity contribution >= 4 is 45.7 Å². The second-order valence-electron chi connectivity index (χ2n) is 15.8. The third-order valence-electron chi connectivity index (χ3n) is 11.8. The van der Waals surface area contributed by atoms with E-state index < -0.39 is 18.0 Å². The van der Waals surface area contributed by atoms with E-state index in [1.54, 1.807) is 9.58 Å². The van der Waals surface area contributed by atoms with Crippen LogP contribution in [0.3, 0.4) is 0 Å². The van der Waals surface area contributed by atoms with Gasteiger partial charge in [0.15, 0.2) is 13.5 Å². The number of benzene rings is 2. The van der Waals surface area contributed by atoms with Crippen molar-refractivity contribution in [3.8, 4) is 0 Å². The molecule has 0 radical (unpaired) electrons. The number of piperidine rings is 2. The van der Waals surface area contributed by atoms with Gasteiger partial charge in [-0.2, -0.15) is 5.10 Å². The summed E-state index contributed by atoms with van der Waals surface area (Å²) < 4.78 is 13.5. The maximum atomic E-state index is 14.4. The first kappa shape index (κ1) is 39.9. The summed E-state index contributed by atoms with van der Waals surface area (Å²) >= 11 is 0. The van der Waals surface area contributed by atoms with Crippen LogP contribution in [0.1, 0.15) is 62.1 Å². The number of aryl methyl sites for hydroxylation is 1. The Kier molecular flexibility index (Phi) is 12.2. The minimum absolute atomic E-state index is 0.00145. The molecular formula is C42H54N8O7. The number of esters is 2. The number of carbonyl (C=O) groups is 4. The average molecular weight is 783 g/mol. The number of carbonyl (C=O) groups excluding carboxylic acids is 4. The van der Waals surface area contributed by atoms with Crippen LogP contribution < -0.4 is 10.9 Å². The van der Waals surface area contributed by atoms with Gasteiger partial charge in [0.25, 0.3) is 5.56 Å². The average Bonchev–Trinajstić information content (AvgIpc) is 3.63. The monoisotopic (exact) mass is 782 g/mol. The molecule has 3 aliphatic heterocycles. The topological polar surface area (TPSA) is 152 Å². The highest BCUT2D eigenvalue weighted by Crippen LogP contribution is 2.29. The zero-order valence-electron chi connectivity index (χ0n) is 33.4. The molecule has 0 saturated carbocycles. The minimum Gasteiger partial charge on any atom is -0.444 e. The molecule has 3 fully saturated rings. The van der Waals surface area contributed by atoms with Crippen LogP contribution in [0, 0.1) is 6.92 Å². The maximum Gasteiger partial charge on any atom is 0.318 e. The zero-order valence-corrected chi connectivity index (χ0v) is 33.4. The van der Waals surface area contributed by atoms with E-state index in [1.165, 1.54) is 18.4 Å². The van der Waals surface area contributed by atoms with Crippen molar-refractivity contribution in [2.24, 2.45) is 0 Å². The van der Waals surface area contributed by atoms with Gasteiger partial charge >= 0.3 is 18.0 Å². The Balaban J connectivity index is 1.06. The summed E-state index contributed by atoms with van der Waals surface area (Å²) in [6.07, 6.45) is 5.51. The van der Waals surface area contributed by atoms with Crippen molar-refractivity contribution in [2.45, 2.75) is 84.3 Å². The van der Waals surface area contributed by atoms with Crippen LogP contribution in [0.5, 0.6) is 0 Å². The van der Waals surface area contributed by atoms with Crippen LogP contribution in [0.2, 0.25) is 0 Å². The normalized spacial score (nSPS) is 18.2. The molecule has 57 heavy (non-hydrogen) atoms. The summed E-state index contributed by atoms with van der Waals surface area (Å²) in [5.41, 5.74) is 3.69. The van der Waals surface area contributed by atoms with Crippen molar-refractivity contribution in [3.05, 3.63) is 75.7 Å². The number of likely N-dealkylation sites (tertiary alicyclic amines) is 2. The Morgan fingerprint density at radius 1 is 0.825 bits per heavy atom. The Morgan fingerprint density at radius 2 is 1.51 bits per heavy atom. The predicted molar refractivity (Wildman–Crippen MR) is 214 cm³/mol. The summed E-state index contributed by atoms with van der Waals surface area (Å²) in [5.74, 6) is -1.06. The molecule has 1 N–H and O–H groups in total. The van der Waals surface area contributed by atoms with Crippen molar-refractivity contribution in [2.75, 3.05) is 59.4 Å². The Labute approximate surface area is 332 Å². The van der Waals surface area contributed by atoms with Crippen LogP contribution in [0.25, 0.3) is 21.8 Å². The molecule has 2 aromatic heterocycles. The first-order valence-electron chi connectivity index (χ1n) is 20.1. The summed E-state index contributed by atoms with van der Waals surface area (Å²) in [5, 5.41) is 9.43. The molecule has 0 aliphatic carbocycles. The molecule has 5 heterocycles. The Hall–Kier alpha value is -5.28. The predicted octanol–water partition coefficient (Wildman–Crippen LogP) is 3.44. The fraction of sp³-hybridized carbons (Fsp3) is 0.524. The molecular weight excluding hydrogens is 729 g/mol. The number of para-hydroxylation sites is 1. The van der Waals surface area contributed by atoms with Crippen molar-refractivity contribution in [3.63, 3.8) is 0 Å². The number of urea groups is 1. The molecule has 0 bridgehead atoms. The van der Waals surface area contributed by atoms with Crippen molar-refractivity contribution in [1.29, 1.82) is 0 Å². The number of amides is 3. The van der Waals surface area contributed by atoms with E-state index in [0.29, 0.717) is 62.6 Å². The number of pyridine rings is 1. The van der Waals surface area contributed by atoms with Gasteiger partial charge in [-0.15, -0.1) is 0 Å². The van der Waals surface area contributed by atoms with E-state index in [0.717, 1.165) is 66.4 Å². The summed E-state index contributed by atoms with van der Waals surface area (Å²) in [4.78, 5) is 73.7. The lowest BCUT2D eigenvalue weighted by Gasteiger charge is -2.43. The van der Waals surface area contributed by atoms with E-state index >= 15 is 0 Å². The summed E-state index contributed by atoms with van der Waals surface area (Å²) in [6, 6.07) is 12.8. The lowest BCUT2D eigenvalue weighted by atomic mass is 9.89. The zero-order chi connectivity index (χ0) is 40.2. The second-order valence-corrected chi connectivity index (χ2v) is 15.8. The summed E-state index contributed by atoms with van der Waals surface area (Å²) in [6.45, 7) is 10.3. The molecule has 15 heteroatoms. The van der Waals surface area contributed by atoms with Crippen LogP contribution in [0.15, 0.2) is 53.5 Å². The van der Waals surface area contributed by atoms with E-state index in [1.807, 2.05) is 60.5 Å². The molecule has 4 aromatic rings. The molecule has 3 saturated heterocycles. The fourth-order valence-corrected chi connectivity index (χ4v) is 8.66. The third kappa shape index (κ3) is 9.31. The fourth-order valence-electron chi connectivity index (χ4n) is 8.66. The van der Waals surface area contributed by atoms with Crippen molar-refractivity contribution < 1.29 is 28.7 Å². The SMILES string of the molecule is CC(=O)OCn1cc2cc(C[C@@H](NC(=O)N3CCC(c4cc5ccccc5n(COC(C)=O)c4=O)CC3)C(=O)N3CCN(C4CCN(C)CC4)CC3)cc(C)c2n1. The third-order valence-corrected chi connectivity index (χ3v) is 11.8. The maximum absolute atomic E-state index is 14.4. The number of fused-ring (bicyclic) bond motifs is 2. The first-order valence-corrected chi connectivity index (χ1v) is 20.1. The number of ether oxygens (including phenoxy) is 2. The number of hydrogen-bond acceptors (Lipinski definition) is 10. The molecule has 2 aromatic carbocycles. The Bertz CT molecular complexity index is 2180. The van der Waals surface area contributed by atoms with Gasteiger partial charge in [0.05, 0.1) is 11.0 Å². The van der Waals surface area contributed by atoms with E-state index in [4.69, 9.17) is 9.47 Å². The quantitative estimate of drug-likeness (QED) is 0.237. The Morgan fingerprint density at radius 3 is 2.21 bits per heavy atom. The van der Waals surface area contributed by atoms with Crippen LogP contribution >= 0.6 is 0 Å². The molecule has 7 rings (SSSR count). The van der Waals surface area contributed by atoms with Crippen LogP contribution in [0.4, 0.5) is 4.79 Å². The number of nitrogens with zero attached hydrogens (tertiary/aromatic N) is 7. The van der Waals surface area contributed by atoms with Gasteiger partial charge in [0.1, 0.15) is 6.04 Å². The standard InChI is InChI=1S/C42H54N8O7/c1-28-21-31(22-34-25-49(44-39(28)34)26-56-29(2)51)23-37(41(54)47-19-17-46(18-20-47)35-11-13-45(4)14-12-35)43-42(55)48-15-9-32(10-16-48)36-24-33-7-5-6-8-38(33)50(40(36)53)27-57-30(3)52/h5-8,21-22,24-25,32,35,37H,9-20,23,26-27H2,1-4H3,(H,43,55)/t37-/m1/s1. The first-order chi connectivity index (χ1) is 27.4. The smallest absolute Gasteiger partial charge is 0.318 e. The van der Waals surface area contributed by atoms with Gasteiger partial charge in [-0.05, 0) is 93.4 Å². The highest BCUT2D eigenvalue weighted by Gasteiger charge is 2.34. The van der Waals surface area contributed by atoms with E-state index in [9.17, 15) is 24.0 Å². The molecule has 304 valence electrons. The van der Waals surface area contributed by atoms with Gasteiger partial charge in [0.2, 0.25) is 5.91 Å². The number of hydrogen-bond donors (Lipinski definition) is 1. The number of aromatic nitrogens is 3. The second kappa shape index (κ2) is 17.5. The van der Waals surface area contributed by atoms with Crippen LogP contribution in [-0.4, -0.2) is 129 Å². The molecule has 3 aliphatic rings. The van der Waals surface area contributed by atoms with E-state index in [2.05, 4.69) is 27.3 Å². The lowest BCUT2D eigenvalue weighted by Crippen LogP contribution is -2.59. The van der Waals surface area contributed by atoms with Gasteiger partial charge in [-0.1, -0.05) is 24.3 Å². The van der Waals surface area contributed by atoms with Gasteiger partial charge < -0.3 is 29.5 Å². The molecule has 0 unspecified atom stereocenters. The van der Waals surface area contributed by atoms with Gasteiger partial charge in [-0.25, -0.2) is 9.48 Å². The largest absolute Gasteiger partial charge is 0.444 e. The summed E-state index contributed by atoms with van der Waals surface area (Å²) in [7, 11) is 2.16. The number of rotatable bonds is 10. The molecule has 3 amide bonds. The van der Waals surface area contributed by atoms with Gasteiger partial charge in [-0.3, -0.25) is 28.6 Å². The number of piperazine rings is 1. The van der Waals surface area contributed by atoms with Crippen molar-refractivity contribution in [1.82, 2.24) is 39.3 Å². The van der Waals surface area contributed by atoms with Gasteiger partial charge in [0, 0.05) is 82.7 Å². The molecule has 15 nitrogen and oxygen atoms in total. The lowest BCUT2D eigenvalue weighted by molar-refractivity contribution is -0.145. The highest BCUT2D eigenvalue weighted by molar-refractivity contribution is 5.88. The minimum atomic E-state index is -0.799. The molecule has 1 atom stereocenters. The highest BCUT2D eigenvalue weighted by atomic mass is 16.5.